The maximum atomic E-state index is 12.9. The van der Waals surface area contributed by atoms with Crippen molar-refractivity contribution in [1.29, 1.82) is 0 Å². The van der Waals surface area contributed by atoms with Gasteiger partial charge >= 0.3 is 5.97 Å². The highest BCUT2D eigenvalue weighted by Gasteiger charge is 2.59. The standard InChI is InChI=1S/C19H33NO5SSi/c1-11(25-27(8,9)19(5,6)7)13-15(22)20-14(12(10-21)26-16(13)20)17(23)24-18(2,3)4/h11,13,16,21H,10H2,1-9H3/t11-,13-,16-/m1/s1. The van der Waals surface area contributed by atoms with E-state index in [2.05, 4.69) is 33.9 Å². The van der Waals surface area contributed by atoms with Gasteiger partial charge in [-0.15, -0.1) is 0 Å². The molecule has 0 aromatic carbocycles. The first kappa shape index (κ1) is 22.5. The highest BCUT2D eigenvalue weighted by Crippen LogP contribution is 2.51. The Bertz CT molecular complexity index is 662. The molecular weight excluding hydrogens is 382 g/mol. The average molecular weight is 416 g/mol. The van der Waals surface area contributed by atoms with Gasteiger partial charge in [0, 0.05) is 4.91 Å². The van der Waals surface area contributed by atoms with Gasteiger partial charge in [0.15, 0.2) is 8.32 Å². The summed E-state index contributed by atoms with van der Waals surface area (Å²) < 4.78 is 11.8. The first-order chi connectivity index (χ1) is 12.1. The predicted molar refractivity (Wildman–Crippen MR) is 109 cm³/mol. The summed E-state index contributed by atoms with van der Waals surface area (Å²) in [5.41, 5.74) is -0.484. The van der Waals surface area contributed by atoms with Gasteiger partial charge in [0.05, 0.1) is 18.6 Å². The van der Waals surface area contributed by atoms with E-state index in [1.165, 1.54) is 16.7 Å². The van der Waals surface area contributed by atoms with Gasteiger partial charge in [-0.3, -0.25) is 9.69 Å². The van der Waals surface area contributed by atoms with Crippen LogP contribution in [0.2, 0.25) is 18.1 Å². The number of amides is 1. The smallest absolute Gasteiger partial charge is 0.356 e. The number of fused-ring (bicyclic) bond motifs is 1. The molecule has 8 heteroatoms. The zero-order chi connectivity index (χ0) is 20.9. The Balaban J connectivity index is 2.17. The number of hydrogen-bond donors (Lipinski definition) is 1. The molecule has 0 aromatic rings. The van der Waals surface area contributed by atoms with E-state index < -0.39 is 19.9 Å². The number of β-lactam (4-membered cyclic amide) rings is 1. The summed E-state index contributed by atoms with van der Waals surface area (Å²) in [6.07, 6.45) is -0.245. The third-order valence-corrected chi connectivity index (χ3v) is 11.3. The van der Waals surface area contributed by atoms with Gasteiger partial charge in [-0.1, -0.05) is 32.5 Å². The maximum absolute atomic E-state index is 12.9. The number of carbonyl (C=O) groups excluding carboxylic acids is 2. The van der Waals surface area contributed by atoms with Crippen LogP contribution < -0.4 is 0 Å². The monoisotopic (exact) mass is 415 g/mol. The molecule has 0 aromatic heterocycles. The van der Waals surface area contributed by atoms with Crippen LogP contribution >= 0.6 is 11.8 Å². The summed E-state index contributed by atoms with van der Waals surface area (Å²) in [5.74, 6) is -1.03. The molecule has 0 spiro atoms. The maximum Gasteiger partial charge on any atom is 0.356 e. The topological polar surface area (TPSA) is 76.1 Å². The molecule has 3 atom stereocenters. The lowest BCUT2D eigenvalue weighted by Crippen LogP contribution is -2.62. The Morgan fingerprint density at radius 1 is 1.26 bits per heavy atom. The number of hydrogen-bond acceptors (Lipinski definition) is 6. The van der Waals surface area contributed by atoms with E-state index >= 15 is 0 Å². The molecule has 2 aliphatic rings. The molecule has 0 aliphatic carbocycles. The summed E-state index contributed by atoms with van der Waals surface area (Å²) in [6, 6.07) is 0. The fourth-order valence-corrected chi connectivity index (χ4v) is 5.87. The Morgan fingerprint density at radius 2 is 1.81 bits per heavy atom. The van der Waals surface area contributed by atoms with Crippen molar-refractivity contribution in [3.63, 3.8) is 0 Å². The third kappa shape index (κ3) is 4.28. The molecular formula is C19H33NO5SSi. The summed E-state index contributed by atoms with van der Waals surface area (Å²) in [6.45, 7) is 17.8. The molecule has 0 radical (unpaired) electrons. The summed E-state index contributed by atoms with van der Waals surface area (Å²) in [7, 11) is -2.02. The van der Waals surface area contributed by atoms with Crippen molar-refractivity contribution in [2.24, 2.45) is 5.92 Å². The highest BCUT2D eigenvalue weighted by atomic mass is 32.2. The van der Waals surface area contributed by atoms with Crippen LogP contribution in [0.5, 0.6) is 0 Å². The second kappa shape index (κ2) is 7.20. The van der Waals surface area contributed by atoms with Gasteiger partial charge < -0.3 is 14.3 Å². The molecule has 2 rings (SSSR count). The fraction of sp³-hybridized carbons (Fsp3) is 0.789. The van der Waals surface area contributed by atoms with Gasteiger partial charge in [-0.25, -0.2) is 4.79 Å². The molecule has 1 amide bonds. The number of rotatable bonds is 5. The van der Waals surface area contributed by atoms with Crippen molar-refractivity contribution in [2.75, 3.05) is 6.61 Å². The lowest BCUT2D eigenvalue weighted by molar-refractivity contribution is -0.162. The zero-order valence-corrected chi connectivity index (χ0v) is 19.7. The number of ether oxygens (including phenoxy) is 1. The summed E-state index contributed by atoms with van der Waals surface area (Å²) in [5, 5.41) is 9.53. The van der Waals surface area contributed by atoms with E-state index in [0.717, 1.165) is 0 Å². The quantitative estimate of drug-likeness (QED) is 0.421. The molecule has 1 fully saturated rings. The first-order valence-corrected chi connectivity index (χ1v) is 13.1. The van der Waals surface area contributed by atoms with Crippen LogP contribution in [-0.4, -0.2) is 53.9 Å². The van der Waals surface area contributed by atoms with Gasteiger partial charge in [0.1, 0.15) is 16.7 Å². The Kier molecular flexibility index (Phi) is 5.99. The van der Waals surface area contributed by atoms with Crippen LogP contribution in [-0.2, 0) is 18.8 Å². The zero-order valence-electron chi connectivity index (χ0n) is 17.9. The number of esters is 1. The molecule has 27 heavy (non-hydrogen) atoms. The molecule has 1 saturated heterocycles. The Morgan fingerprint density at radius 3 is 2.26 bits per heavy atom. The van der Waals surface area contributed by atoms with E-state index in [1.54, 1.807) is 20.8 Å². The molecule has 154 valence electrons. The normalized spacial score (nSPS) is 24.7. The summed E-state index contributed by atoms with van der Waals surface area (Å²) >= 11 is 1.37. The van der Waals surface area contributed by atoms with Crippen LogP contribution in [0.1, 0.15) is 48.5 Å². The van der Waals surface area contributed by atoms with Gasteiger partial charge in [-0.2, -0.15) is 0 Å². The minimum Gasteiger partial charge on any atom is -0.455 e. The van der Waals surface area contributed by atoms with Crippen molar-refractivity contribution in [3.8, 4) is 0 Å². The van der Waals surface area contributed by atoms with E-state index in [-0.39, 0.29) is 40.6 Å². The van der Waals surface area contributed by atoms with E-state index in [9.17, 15) is 14.7 Å². The largest absolute Gasteiger partial charge is 0.455 e. The lowest BCUT2D eigenvalue weighted by Gasteiger charge is -2.48. The van der Waals surface area contributed by atoms with Crippen LogP contribution in [0.15, 0.2) is 10.6 Å². The number of aliphatic hydroxyl groups is 1. The number of nitrogens with zero attached hydrogens (tertiary/aromatic N) is 1. The van der Waals surface area contributed by atoms with Gasteiger partial charge in [-0.05, 0) is 45.8 Å². The number of aliphatic hydroxyl groups excluding tert-OH is 1. The molecule has 2 heterocycles. The number of carbonyl (C=O) groups is 2. The van der Waals surface area contributed by atoms with E-state index in [0.29, 0.717) is 4.91 Å². The van der Waals surface area contributed by atoms with Crippen LogP contribution in [0.3, 0.4) is 0 Å². The second-order valence-corrected chi connectivity index (χ2v) is 15.7. The lowest BCUT2D eigenvalue weighted by atomic mass is 9.92. The minimum absolute atomic E-state index is 0.0484. The second-order valence-electron chi connectivity index (χ2n) is 9.76. The summed E-state index contributed by atoms with van der Waals surface area (Å²) in [4.78, 5) is 27.4. The van der Waals surface area contributed by atoms with Gasteiger partial charge in [0.2, 0.25) is 5.91 Å². The SMILES string of the molecule is C[C@@H](O[Si](C)(C)C(C)(C)C)[C@@H]1C(=O)N2C(C(=O)OC(C)(C)C)=C(CO)S[C@H]12. The molecule has 6 nitrogen and oxygen atoms in total. The average Bonchev–Trinajstić information content (AvgIpc) is 2.78. The van der Waals surface area contributed by atoms with E-state index in [4.69, 9.17) is 9.16 Å². The Labute approximate surface area is 167 Å². The predicted octanol–water partition coefficient (Wildman–Crippen LogP) is 3.47. The van der Waals surface area contributed by atoms with Crippen LogP contribution in [0.25, 0.3) is 0 Å². The third-order valence-electron chi connectivity index (χ3n) is 5.38. The van der Waals surface area contributed by atoms with Crippen LogP contribution in [0.4, 0.5) is 0 Å². The minimum atomic E-state index is -2.02. The molecule has 2 aliphatic heterocycles. The van der Waals surface area contributed by atoms with Crippen molar-refractivity contribution in [3.05, 3.63) is 10.6 Å². The highest BCUT2D eigenvalue weighted by molar-refractivity contribution is 8.04. The van der Waals surface area contributed by atoms with Crippen LogP contribution in [0, 0.1) is 5.92 Å². The first-order valence-electron chi connectivity index (χ1n) is 9.35. The molecule has 1 N–H and O–H groups in total. The van der Waals surface area contributed by atoms with Gasteiger partial charge in [0.25, 0.3) is 0 Å². The molecule has 0 bridgehead atoms. The Hall–Kier alpha value is -0.833. The van der Waals surface area contributed by atoms with Crippen molar-refractivity contribution in [1.82, 2.24) is 4.90 Å². The molecule has 0 saturated carbocycles. The van der Waals surface area contributed by atoms with Crippen molar-refractivity contribution in [2.45, 2.75) is 83.7 Å². The molecule has 0 unspecified atom stereocenters. The van der Waals surface area contributed by atoms with Crippen molar-refractivity contribution >= 4 is 32.0 Å². The fourth-order valence-electron chi connectivity index (χ4n) is 2.98. The van der Waals surface area contributed by atoms with Crippen molar-refractivity contribution < 1.29 is 23.9 Å². The number of thioether (sulfide) groups is 1. The van der Waals surface area contributed by atoms with E-state index in [1.807, 2.05) is 6.92 Å².